The van der Waals surface area contributed by atoms with Crippen molar-refractivity contribution in [3.63, 3.8) is 0 Å². The third kappa shape index (κ3) is 4.09. The van der Waals surface area contributed by atoms with E-state index in [9.17, 15) is 4.79 Å². The lowest BCUT2D eigenvalue weighted by atomic mass is 10.1. The molecule has 1 amide bonds. The van der Waals surface area contributed by atoms with E-state index in [0.29, 0.717) is 27.1 Å². The fourth-order valence-electron chi connectivity index (χ4n) is 2.20. The highest BCUT2D eigenvalue weighted by Crippen LogP contribution is 2.30. The van der Waals surface area contributed by atoms with Crippen molar-refractivity contribution in [2.75, 3.05) is 14.2 Å². The third-order valence-corrected chi connectivity index (χ3v) is 3.98. The van der Waals surface area contributed by atoms with Gasteiger partial charge in [-0.15, -0.1) is 0 Å². The third-order valence-electron chi connectivity index (χ3n) is 3.43. The van der Waals surface area contributed by atoms with Crippen molar-refractivity contribution in [2.45, 2.75) is 13.0 Å². The number of rotatable bonds is 5. The number of hydrogen-bond donors (Lipinski definition) is 1. The van der Waals surface area contributed by atoms with E-state index >= 15 is 0 Å². The van der Waals surface area contributed by atoms with Gasteiger partial charge < -0.3 is 14.8 Å². The first-order valence-electron chi connectivity index (χ1n) is 6.94. The Bertz CT molecular complexity index is 719. The lowest BCUT2D eigenvalue weighted by Gasteiger charge is -2.18. The summed E-state index contributed by atoms with van der Waals surface area (Å²) in [5.41, 5.74) is 1.21. The summed E-state index contributed by atoms with van der Waals surface area (Å²) in [4.78, 5) is 12.4. The van der Waals surface area contributed by atoms with E-state index < -0.39 is 0 Å². The van der Waals surface area contributed by atoms with Gasteiger partial charge in [0.2, 0.25) is 0 Å². The largest absolute Gasteiger partial charge is 0.497 e. The van der Waals surface area contributed by atoms with Crippen molar-refractivity contribution in [1.29, 1.82) is 0 Å². The molecule has 2 aromatic carbocycles. The average Bonchev–Trinajstić information content (AvgIpc) is 2.53. The van der Waals surface area contributed by atoms with E-state index in [1.54, 1.807) is 32.4 Å². The monoisotopic (exact) mass is 353 g/mol. The van der Waals surface area contributed by atoms with E-state index in [0.717, 1.165) is 5.56 Å². The predicted molar refractivity (Wildman–Crippen MR) is 91.9 cm³/mol. The van der Waals surface area contributed by atoms with Gasteiger partial charge in [-0.05, 0) is 37.3 Å². The molecule has 2 rings (SSSR count). The van der Waals surface area contributed by atoms with Gasteiger partial charge in [0.25, 0.3) is 5.91 Å². The molecule has 0 spiro atoms. The molecule has 1 unspecified atom stereocenters. The van der Waals surface area contributed by atoms with Crippen LogP contribution in [0.15, 0.2) is 36.4 Å². The second kappa shape index (κ2) is 7.57. The smallest absolute Gasteiger partial charge is 0.253 e. The lowest BCUT2D eigenvalue weighted by Crippen LogP contribution is -2.27. The molecule has 0 aliphatic heterocycles. The molecule has 4 nitrogen and oxygen atoms in total. The molecule has 0 saturated heterocycles. The van der Waals surface area contributed by atoms with Crippen molar-refractivity contribution in [2.24, 2.45) is 0 Å². The minimum absolute atomic E-state index is 0.268. The summed E-state index contributed by atoms with van der Waals surface area (Å²) in [6.07, 6.45) is 0. The van der Waals surface area contributed by atoms with Crippen LogP contribution in [-0.2, 0) is 0 Å². The molecule has 0 aliphatic carbocycles. The lowest BCUT2D eigenvalue weighted by molar-refractivity contribution is 0.0939. The Morgan fingerprint density at radius 1 is 1.09 bits per heavy atom. The van der Waals surface area contributed by atoms with Crippen LogP contribution >= 0.6 is 23.2 Å². The Hall–Kier alpha value is -1.91. The Morgan fingerprint density at radius 3 is 2.43 bits per heavy atom. The first-order valence-corrected chi connectivity index (χ1v) is 7.69. The van der Waals surface area contributed by atoms with Crippen LogP contribution in [0.5, 0.6) is 11.5 Å². The zero-order valence-electron chi connectivity index (χ0n) is 13.0. The van der Waals surface area contributed by atoms with Gasteiger partial charge >= 0.3 is 0 Å². The van der Waals surface area contributed by atoms with Crippen LogP contribution in [0.2, 0.25) is 10.0 Å². The topological polar surface area (TPSA) is 47.6 Å². The van der Waals surface area contributed by atoms with E-state index in [-0.39, 0.29) is 11.9 Å². The number of amides is 1. The zero-order valence-corrected chi connectivity index (χ0v) is 14.5. The van der Waals surface area contributed by atoms with Crippen LogP contribution in [-0.4, -0.2) is 20.1 Å². The molecule has 0 saturated carbocycles. The summed E-state index contributed by atoms with van der Waals surface area (Å²) in [6.45, 7) is 1.87. The summed E-state index contributed by atoms with van der Waals surface area (Å²) < 4.78 is 10.5. The van der Waals surface area contributed by atoms with Gasteiger partial charge in [0.15, 0.2) is 0 Å². The first kappa shape index (κ1) is 17.4. The molecule has 2 aromatic rings. The van der Waals surface area contributed by atoms with Crippen LogP contribution in [0.25, 0.3) is 0 Å². The molecule has 0 heterocycles. The maximum atomic E-state index is 12.4. The highest BCUT2D eigenvalue weighted by atomic mass is 35.5. The molecular weight excluding hydrogens is 337 g/mol. The maximum Gasteiger partial charge on any atom is 0.253 e. The summed E-state index contributed by atoms with van der Waals surface area (Å²) in [5.74, 6) is 1.04. The normalized spacial score (nSPS) is 11.7. The number of benzene rings is 2. The second-order valence-electron chi connectivity index (χ2n) is 4.93. The van der Waals surface area contributed by atoms with Crippen LogP contribution in [0.1, 0.15) is 28.9 Å². The summed E-state index contributed by atoms with van der Waals surface area (Å²) in [5, 5.41) is 3.69. The highest BCUT2D eigenvalue weighted by molar-refractivity contribution is 6.36. The van der Waals surface area contributed by atoms with E-state index in [1.165, 1.54) is 6.07 Å². The predicted octanol–water partition coefficient (Wildman–Crippen LogP) is 4.50. The number of methoxy groups -OCH3 is 2. The van der Waals surface area contributed by atoms with Gasteiger partial charge in [-0.3, -0.25) is 4.79 Å². The number of carbonyl (C=O) groups is 1. The maximum absolute atomic E-state index is 12.4. The molecule has 0 aromatic heterocycles. The summed E-state index contributed by atoms with van der Waals surface area (Å²) >= 11 is 11.9. The van der Waals surface area contributed by atoms with Crippen LogP contribution < -0.4 is 14.8 Å². The van der Waals surface area contributed by atoms with Crippen molar-refractivity contribution in [3.8, 4) is 11.5 Å². The van der Waals surface area contributed by atoms with E-state index in [4.69, 9.17) is 32.7 Å². The molecule has 0 aliphatic rings. The van der Waals surface area contributed by atoms with Crippen LogP contribution in [0, 0.1) is 0 Å². The average molecular weight is 354 g/mol. The molecule has 23 heavy (non-hydrogen) atoms. The molecule has 0 radical (unpaired) electrons. The minimum Gasteiger partial charge on any atom is -0.497 e. The Kier molecular flexibility index (Phi) is 5.74. The van der Waals surface area contributed by atoms with Gasteiger partial charge in [0.05, 0.1) is 30.8 Å². The fraction of sp³-hybridized carbons (Fsp3) is 0.235. The molecule has 6 heteroatoms. The van der Waals surface area contributed by atoms with Gasteiger partial charge in [-0.1, -0.05) is 23.2 Å². The van der Waals surface area contributed by atoms with Crippen molar-refractivity contribution >= 4 is 29.1 Å². The Morgan fingerprint density at radius 2 is 1.83 bits per heavy atom. The first-order chi connectivity index (χ1) is 11.0. The highest BCUT2D eigenvalue weighted by Gasteiger charge is 2.17. The van der Waals surface area contributed by atoms with Gasteiger partial charge in [0, 0.05) is 16.7 Å². The Balaban J connectivity index is 2.21. The van der Waals surface area contributed by atoms with Gasteiger partial charge in [0.1, 0.15) is 11.5 Å². The molecule has 0 bridgehead atoms. The van der Waals surface area contributed by atoms with Crippen LogP contribution in [0.4, 0.5) is 0 Å². The SMILES string of the molecule is COc1ccc(C(C)NC(=O)c2ccc(Cl)cc2Cl)c(OC)c1. The van der Waals surface area contributed by atoms with Crippen LogP contribution in [0.3, 0.4) is 0 Å². The molecule has 0 fully saturated rings. The number of ether oxygens (including phenoxy) is 2. The summed E-state index contributed by atoms with van der Waals surface area (Å²) in [7, 11) is 3.16. The number of halogens is 2. The van der Waals surface area contributed by atoms with Crippen molar-refractivity contribution in [3.05, 3.63) is 57.6 Å². The van der Waals surface area contributed by atoms with E-state index in [2.05, 4.69) is 5.32 Å². The summed E-state index contributed by atoms with van der Waals surface area (Å²) in [6, 6.07) is 9.93. The van der Waals surface area contributed by atoms with Crippen molar-refractivity contribution in [1.82, 2.24) is 5.32 Å². The Labute approximate surface area is 145 Å². The number of nitrogens with one attached hydrogen (secondary N) is 1. The molecule has 1 N–H and O–H groups in total. The number of hydrogen-bond acceptors (Lipinski definition) is 3. The minimum atomic E-state index is -0.281. The standard InChI is InChI=1S/C17H17Cl2NO3/c1-10(13-7-5-12(22-2)9-16(13)23-3)20-17(21)14-6-4-11(18)8-15(14)19/h4-10H,1-3H3,(H,20,21). The molecule has 122 valence electrons. The van der Waals surface area contributed by atoms with Crippen molar-refractivity contribution < 1.29 is 14.3 Å². The zero-order chi connectivity index (χ0) is 17.0. The molecular formula is C17H17Cl2NO3. The number of carbonyl (C=O) groups excluding carboxylic acids is 1. The second-order valence-corrected chi connectivity index (χ2v) is 5.77. The quantitative estimate of drug-likeness (QED) is 0.860. The molecule has 1 atom stereocenters. The van der Waals surface area contributed by atoms with Gasteiger partial charge in [-0.25, -0.2) is 0 Å². The van der Waals surface area contributed by atoms with E-state index in [1.807, 2.05) is 19.1 Å². The fourth-order valence-corrected chi connectivity index (χ4v) is 2.70. The van der Waals surface area contributed by atoms with Gasteiger partial charge in [-0.2, -0.15) is 0 Å².